The largest absolute Gasteiger partial charge is 0.205 e. The summed E-state index contributed by atoms with van der Waals surface area (Å²) in [5.74, 6) is -0.445. The Kier molecular flexibility index (Phi) is 2.09. The standard InChI is InChI=1S/C6H2BrClF/c7-4-1-2-6(9)5(8)3-4/h2-3H. The van der Waals surface area contributed by atoms with Crippen molar-refractivity contribution in [2.24, 2.45) is 0 Å². The molecular weight excluding hydrogens is 206 g/mol. The van der Waals surface area contributed by atoms with E-state index in [1.165, 1.54) is 12.1 Å². The summed E-state index contributed by atoms with van der Waals surface area (Å²) in [7, 11) is 0. The van der Waals surface area contributed by atoms with Crippen LogP contribution in [0, 0.1) is 11.9 Å². The van der Waals surface area contributed by atoms with Gasteiger partial charge in [0.15, 0.2) is 0 Å². The number of benzene rings is 1. The van der Waals surface area contributed by atoms with E-state index in [-0.39, 0.29) is 5.02 Å². The molecule has 0 aromatic heterocycles. The molecule has 1 aromatic rings. The van der Waals surface area contributed by atoms with Crippen LogP contribution in [0.4, 0.5) is 4.39 Å². The molecule has 9 heavy (non-hydrogen) atoms. The third kappa shape index (κ3) is 1.66. The highest BCUT2D eigenvalue weighted by Gasteiger charge is 1.96. The highest BCUT2D eigenvalue weighted by Crippen LogP contribution is 2.18. The average molecular weight is 208 g/mol. The van der Waals surface area contributed by atoms with Crippen LogP contribution in [0.15, 0.2) is 16.6 Å². The molecule has 0 spiro atoms. The van der Waals surface area contributed by atoms with Crippen LogP contribution in [0.5, 0.6) is 0 Å². The van der Waals surface area contributed by atoms with E-state index in [1.807, 2.05) is 0 Å². The zero-order valence-electron chi connectivity index (χ0n) is 4.29. The van der Waals surface area contributed by atoms with E-state index < -0.39 is 5.82 Å². The molecule has 0 atom stereocenters. The molecule has 0 unspecified atom stereocenters. The van der Waals surface area contributed by atoms with Crippen LogP contribution in [-0.2, 0) is 0 Å². The summed E-state index contributed by atoms with van der Waals surface area (Å²) in [6.45, 7) is 0. The van der Waals surface area contributed by atoms with E-state index in [9.17, 15) is 4.39 Å². The van der Waals surface area contributed by atoms with Crippen LogP contribution in [0.1, 0.15) is 0 Å². The summed E-state index contributed by atoms with van der Waals surface area (Å²) < 4.78 is 13.0. The van der Waals surface area contributed by atoms with Gasteiger partial charge in [0.05, 0.1) is 5.02 Å². The normalized spacial score (nSPS) is 9.67. The first-order chi connectivity index (χ1) is 4.20. The van der Waals surface area contributed by atoms with Gasteiger partial charge in [-0.25, -0.2) is 4.39 Å². The van der Waals surface area contributed by atoms with E-state index in [4.69, 9.17) is 11.6 Å². The molecule has 0 heterocycles. The minimum absolute atomic E-state index is 0.112. The van der Waals surface area contributed by atoms with Gasteiger partial charge in [-0.2, -0.15) is 0 Å². The SMILES string of the molecule is Fc1c[c]c(Br)cc1Cl. The molecule has 47 valence electrons. The Morgan fingerprint density at radius 1 is 1.67 bits per heavy atom. The smallest absolute Gasteiger partial charge is 0.142 e. The lowest BCUT2D eigenvalue weighted by atomic mass is 10.3. The Labute approximate surface area is 65.8 Å². The summed E-state index contributed by atoms with van der Waals surface area (Å²) in [4.78, 5) is 0. The maximum Gasteiger partial charge on any atom is 0.142 e. The Hall–Kier alpha value is -0.0800. The van der Waals surface area contributed by atoms with Crippen LogP contribution in [-0.4, -0.2) is 0 Å². The predicted octanol–water partition coefficient (Wildman–Crippen LogP) is 3.04. The van der Waals surface area contributed by atoms with Crippen molar-refractivity contribution in [3.63, 3.8) is 0 Å². The molecule has 3 heteroatoms. The predicted molar refractivity (Wildman–Crippen MR) is 37.9 cm³/mol. The van der Waals surface area contributed by atoms with Gasteiger partial charge in [-0.15, -0.1) is 0 Å². The topological polar surface area (TPSA) is 0 Å². The van der Waals surface area contributed by atoms with Gasteiger partial charge in [-0.1, -0.05) is 27.5 Å². The monoisotopic (exact) mass is 207 g/mol. The van der Waals surface area contributed by atoms with Gasteiger partial charge >= 0.3 is 0 Å². The number of hydrogen-bond acceptors (Lipinski definition) is 0. The fourth-order valence-corrected chi connectivity index (χ4v) is 1.06. The van der Waals surface area contributed by atoms with Crippen molar-refractivity contribution < 1.29 is 4.39 Å². The van der Waals surface area contributed by atoms with E-state index >= 15 is 0 Å². The fourth-order valence-electron chi connectivity index (χ4n) is 0.423. The summed E-state index contributed by atoms with van der Waals surface area (Å²) in [5.41, 5.74) is 0. The fraction of sp³-hybridized carbons (Fsp3) is 0. The highest BCUT2D eigenvalue weighted by molar-refractivity contribution is 9.10. The Morgan fingerprint density at radius 2 is 2.33 bits per heavy atom. The quantitative estimate of drug-likeness (QED) is 0.575. The maximum atomic E-state index is 12.3. The Balaban J connectivity index is 3.17. The second kappa shape index (κ2) is 2.67. The third-order valence-corrected chi connectivity index (χ3v) is 1.57. The number of halogens is 3. The molecule has 0 aliphatic heterocycles. The van der Waals surface area contributed by atoms with Gasteiger partial charge in [0.1, 0.15) is 5.82 Å². The van der Waals surface area contributed by atoms with Crippen molar-refractivity contribution in [1.82, 2.24) is 0 Å². The molecular formula is C6H2BrClF. The molecule has 0 amide bonds. The van der Waals surface area contributed by atoms with Gasteiger partial charge in [-0.05, 0) is 12.1 Å². The Bertz CT molecular complexity index is 224. The first-order valence-corrected chi connectivity index (χ1v) is 3.39. The molecule has 0 N–H and O–H groups in total. The second-order valence-corrected chi connectivity index (χ2v) is 2.74. The first-order valence-electron chi connectivity index (χ1n) is 2.22. The van der Waals surface area contributed by atoms with Gasteiger partial charge in [0, 0.05) is 10.5 Å². The van der Waals surface area contributed by atoms with Crippen LogP contribution in [0.25, 0.3) is 0 Å². The van der Waals surface area contributed by atoms with E-state index in [0.29, 0.717) is 4.47 Å². The van der Waals surface area contributed by atoms with Gasteiger partial charge < -0.3 is 0 Å². The van der Waals surface area contributed by atoms with Crippen LogP contribution in [0.3, 0.4) is 0 Å². The van der Waals surface area contributed by atoms with Crippen LogP contribution in [0.2, 0.25) is 5.02 Å². The highest BCUT2D eigenvalue weighted by atomic mass is 79.9. The summed E-state index contributed by atoms with van der Waals surface area (Å²) >= 11 is 8.48. The summed E-state index contributed by atoms with van der Waals surface area (Å²) in [5, 5.41) is 0.112. The van der Waals surface area contributed by atoms with E-state index in [1.54, 1.807) is 0 Å². The van der Waals surface area contributed by atoms with Gasteiger partial charge in [0.25, 0.3) is 0 Å². The van der Waals surface area contributed by atoms with Gasteiger partial charge in [-0.3, -0.25) is 0 Å². The van der Waals surface area contributed by atoms with Crippen LogP contribution >= 0.6 is 27.5 Å². The van der Waals surface area contributed by atoms with Crippen molar-refractivity contribution >= 4 is 27.5 Å². The third-order valence-electron chi connectivity index (χ3n) is 0.818. The lowest BCUT2D eigenvalue weighted by Crippen LogP contribution is -1.74. The van der Waals surface area contributed by atoms with E-state index in [2.05, 4.69) is 22.0 Å². The molecule has 1 radical (unpaired) electrons. The molecule has 1 aromatic carbocycles. The molecule has 0 bridgehead atoms. The molecule has 1 rings (SSSR count). The molecule has 0 aliphatic carbocycles. The molecule has 0 nitrogen and oxygen atoms in total. The molecule has 0 saturated carbocycles. The Morgan fingerprint density at radius 3 is 2.78 bits per heavy atom. The van der Waals surface area contributed by atoms with Crippen molar-refractivity contribution in [2.75, 3.05) is 0 Å². The molecule has 0 saturated heterocycles. The average Bonchev–Trinajstić information content (AvgIpc) is 1.80. The molecule has 0 fully saturated rings. The number of hydrogen-bond donors (Lipinski definition) is 0. The molecule has 0 aliphatic rings. The zero-order valence-corrected chi connectivity index (χ0v) is 6.63. The maximum absolute atomic E-state index is 12.3. The van der Waals surface area contributed by atoms with Crippen molar-refractivity contribution in [1.29, 1.82) is 0 Å². The van der Waals surface area contributed by atoms with Crippen molar-refractivity contribution in [3.05, 3.63) is 33.5 Å². The van der Waals surface area contributed by atoms with Crippen molar-refractivity contribution in [3.8, 4) is 0 Å². The second-order valence-electron chi connectivity index (χ2n) is 1.48. The lowest BCUT2D eigenvalue weighted by Gasteiger charge is -1.91. The minimum Gasteiger partial charge on any atom is -0.205 e. The lowest BCUT2D eigenvalue weighted by molar-refractivity contribution is 0.627. The number of rotatable bonds is 0. The van der Waals surface area contributed by atoms with E-state index in [0.717, 1.165) is 0 Å². The van der Waals surface area contributed by atoms with Gasteiger partial charge in [0.2, 0.25) is 0 Å². The van der Waals surface area contributed by atoms with Crippen molar-refractivity contribution in [2.45, 2.75) is 0 Å². The summed E-state index contributed by atoms with van der Waals surface area (Å²) in [6, 6.07) is 5.24. The zero-order chi connectivity index (χ0) is 6.85. The minimum atomic E-state index is -0.445. The van der Waals surface area contributed by atoms with Crippen LogP contribution < -0.4 is 0 Å². The summed E-state index contributed by atoms with van der Waals surface area (Å²) in [6.07, 6.45) is 0. The first kappa shape index (κ1) is 7.03.